The molecule has 2 N–H and O–H groups in total. The SMILES string of the molecule is OC(CN[C@](Cc1ccccc1)(c1ccc(F)cc1)c1cc(F)cc(C(F)(F)F)c1)C(F)(F)F. The highest BCUT2D eigenvalue weighted by Gasteiger charge is 2.43. The second kappa shape index (κ2) is 9.71. The lowest BCUT2D eigenvalue weighted by atomic mass is 9.77. The van der Waals surface area contributed by atoms with Crippen molar-refractivity contribution in [2.24, 2.45) is 0 Å². The van der Waals surface area contributed by atoms with Crippen molar-refractivity contribution in [1.29, 1.82) is 0 Å². The molecule has 0 spiro atoms. The fourth-order valence-corrected chi connectivity index (χ4v) is 3.66. The van der Waals surface area contributed by atoms with Gasteiger partial charge in [-0.3, -0.25) is 0 Å². The minimum atomic E-state index is -5.02. The molecule has 0 aromatic heterocycles. The number of hydrogen-bond donors (Lipinski definition) is 2. The number of halogens is 8. The van der Waals surface area contributed by atoms with Crippen molar-refractivity contribution in [2.45, 2.75) is 30.4 Å². The Labute approximate surface area is 189 Å². The van der Waals surface area contributed by atoms with Crippen molar-refractivity contribution in [3.05, 3.63) is 107 Å². The molecule has 3 aromatic rings. The minimum absolute atomic E-state index is 0.0749. The van der Waals surface area contributed by atoms with E-state index >= 15 is 0 Å². The summed E-state index contributed by atoms with van der Waals surface area (Å²) < 4.78 is 108. The van der Waals surface area contributed by atoms with Gasteiger partial charge in [0.15, 0.2) is 6.10 Å². The van der Waals surface area contributed by atoms with E-state index in [1.807, 2.05) is 0 Å². The highest BCUT2D eigenvalue weighted by atomic mass is 19.4. The van der Waals surface area contributed by atoms with Crippen LogP contribution in [0.3, 0.4) is 0 Å². The first-order chi connectivity index (χ1) is 15.8. The van der Waals surface area contributed by atoms with Crippen LogP contribution in [0.2, 0.25) is 0 Å². The normalized spacial score (nSPS) is 15.1. The first-order valence-corrected chi connectivity index (χ1v) is 9.99. The Bertz CT molecular complexity index is 1100. The van der Waals surface area contributed by atoms with Crippen molar-refractivity contribution in [1.82, 2.24) is 5.32 Å². The van der Waals surface area contributed by atoms with Gasteiger partial charge in [-0.2, -0.15) is 26.3 Å². The fourth-order valence-electron chi connectivity index (χ4n) is 3.66. The molecular formula is C24H19F8NO. The molecule has 1 unspecified atom stereocenters. The Balaban J connectivity index is 2.26. The van der Waals surface area contributed by atoms with Crippen LogP contribution in [0, 0.1) is 11.6 Å². The molecule has 2 atom stereocenters. The first kappa shape index (κ1) is 25.6. The molecule has 0 aliphatic heterocycles. The van der Waals surface area contributed by atoms with E-state index in [0.717, 1.165) is 18.2 Å². The summed E-state index contributed by atoms with van der Waals surface area (Å²) in [4.78, 5) is 0. The lowest BCUT2D eigenvalue weighted by Crippen LogP contribution is -2.51. The average Bonchev–Trinajstić information content (AvgIpc) is 2.76. The van der Waals surface area contributed by atoms with Gasteiger partial charge in [-0.05, 0) is 53.4 Å². The number of alkyl halides is 6. The highest BCUT2D eigenvalue weighted by Crippen LogP contribution is 2.38. The molecule has 0 saturated carbocycles. The van der Waals surface area contributed by atoms with E-state index in [2.05, 4.69) is 5.32 Å². The van der Waals surface area contributed by atoms with Crippen molar-refractivity contribution in [3.63, 3.8) is 0 Å². The molecule has 0 fully saturated rings. The van der Waals surface area contributed by atoms with Gasteiger partial charge in [0.25, 0.3) is 0 Å². The molecule has 0 amide bonds. The second-order valence-corrected chi connectivity index (χ2v) is 7.74. The van der Waals surface area contributed by atoms with E-state index in [1.54, 1.807) is 30.3 Å². The van der Waals surface area contributed by atoms with Crippen LogP contribution in [0.25, 0.3) is 0 Å². The predicted octanol–water partition coefficient (Wildman–Crippen LogP) is 5.98. The van der Waals surface area contributed by atoms with Gasteiger partial charge in [-0.1, -0.05) is 42.5 Å². The highest BCUT2D eigenvalue weighted by molar-refractivity contribution is 5.43. The summed E-state index contributed by atoms with van der Waals surface area (Å²) in [6.45, 7) is -1.12. The van der Waals surface area contributed by atoms with Gasteiger partial charge < -0.3 is 10.4 Å². The lowest BCUT2D eigenvalue weighted by Gasteiger charge is -2.38. The van der Waals surface area contributed by atoms with Crippen LogP contribution >= 0.6 is 0 Å². The zero-order chi connectivity index (χ0) is 25.1. The zero-order valence-corrected chi connectivity index (χ0v) is 17.4. The van der Waals surface area contributed by atoms with Crippen LogP contribution in [0.1, 0.15) is 22.3 Å². The van der Waals surface area contributed by atoms with E-state index in [0.29, 0.717) is 11.6 Å². The van der Waals surface area contributed by atoms with Crippen LogP contribution in [0.4, 0.5) is 35.1 Å². The third kappa shape index (κ3) is 5.92. The largest absolute Gasteiger partial charge is 0.416 e. The molecule has 0 aliphatic rings. The predicted molar refractivity (Wildman–Crippen MR) is 109 cm³/mol. The molecule has 0 heterocycles. The van der Waals surface area contributed by atoms with Crippen LogP contribution in [-0.4, -0.2) is 23.9 Å². The smallest absolute Gasteiger partial charge is 0.382 e. The van der Waals surface area contributed by atoms with Crippen molar-refractivity contribution in [3.8, 4) is 0 Å². The summed E-state index contributed by atoms with van der Waals surface area (Å²) >= 11 is 0. The number of benzene rings is 3. The maximum absolute atomic E-state index is 14.4. The van der Waals surface area contributed by atoms with Gasteiger partial charge in [0.1, 0.15) is 11.6 Å². The van der Waals surface area contributed by atoms with E-state index in [4.69, 9.17) is 0 Å². The summed E-state index contributed by atoms with van der Waals surface area (Å²) in [7, 11) is 0. The van der Waals surface area contributed by atoms with Crippen molar-refractivity contribution >= 4 is 0 Å². The first-order valence-electron chi connectivity index (χ1n) is 9.99. The molecule has 0 saturated heterocycles. The quantitative estimate of drug-likeness (QED) is 0.400. The summed E-state index contributed by atoms with van der Waals surface area (Å²) in [6.07, 6.45) is -13.1. The van der Waals surface area contributed by atoms with Crippen molar-refractivity contribution in [2.75, 3.05) is 6.54 Å². The number of aliphatic hydroxyl groups is 1. The van der Waals surface area contributed by atoms with E-state index in [1.165, 1.54) is 12.1 Å². The Morgan fingerprint density at radius 3 is 1.85 bits per heavy atom. The third-order valence-corrected chi connectivity index (χ3v) is 5.34. The Morgan fingerprint density at radius 1 is 0.706 bits per heavy atom. The van der Waals surface area contributed by atoms with Gasteiger partial charge in [0, 0.05) is 6.54 Å². The Kier molecular flexibility index (Phi) is 7.32. The van der Waals surface area contributed by atoms with E-state index in [-0.39, 0.29) is 23.6 Å². The molecular weight excluding hydrogens is 470 g/mol. The monoisotopic (exact) mass is 489 g/mol. The summed E-state index contributed by atoms with van der Waals surface area (Å²) in [5.74, 6) is -1.95. The maximum Gasteiger partial charge on any atom is 0.416 e. The minimum Gasteiger partial charge on any atom is -0.382 e. The Hall–Kier alpha value is -2.98. The van der Waals surface area contributed by atoms with Crippen LogP contribution in [-0.2, 0) is 18.1 Å². The summed E-state index contributed by atoms with van der Waals surface area (Å²) in [5.41, 5.74) is -3.02. The number of nitrogens with one attached hydrogen (secondary N) is 1. The molecule has 10 heteroatoms. The standard InChI is InChI=1S/C24H19F8NO/c25-19-8-6-16(7-9-19)22(13-15-4-2-1-3-5-15,33-14-21(34)24(30,31)32)17-10-18(23(27,28)29)12-20(26)11-17/h1-12,21,33-34H,13-14H2/t21?,22-/m1/s1. The Morgan fingerprint density at radius 2 is 1.29 bits per heavy atom. The van der Waals surface area contributed by atoms with Gasteiger partial charge in [0.05, 0.1) is 11.1 Å². The van der Waals surface area contributed by atoms with E-state index < -0.39 is 47.7 Å². The summed E-state index contributed by atoms with van der Waals surface area (Å²) in [6, 6.07) is 14.1. The van der Waals surface area contributed by atoms with Crippen LogP contribution in [0.15, 0.2) is 72.8 Å². The average molecular weight is 489 g/mol. The van der Waals surface area contributed by atoms with Gasteiger partial charge in [-0.25, -0.2) is 8.78 Å². The molecule has 3 aromatic carbocycles. The molecule has 0 aliphatic carbocycles. The zero-order valence-electron chi connectivity index (χ0n) is 17.4. The molecule has 0 bridgehead atoms. The van der Waals surface area contributed by atoms with Crippen LogP contribution < -0.4 is 5.32 Å². The van der Waals surface area contributed by atoms with Crippen molar-refractivity contribution < 1.29 is 40.2 Å². The number of hydrogen-bond acceptors (Lipinski definition) is 2. The molecule has 3 rings (SSSR count). The molecule has 182 valence electrons. The topological polar surface area (TPSA) is 32.3 Å². The lowest BCUT2D eigenvalue weighted by molar-refractivity contribution is -0.202. The third-order valence-electron chi connectivity index (χ3n) is 5.34. The molecule has 2 nitrogen and oxygen atoms in total. The van der Waals surface area contributed by atoms with Crippen LogP contribution in [0.5, 0.6) is 0 Å². The molecule has 34 heavy (non-hydrogen) atoms. The number of rotatable bonds is 7. The molecule has 0 radical (unpaired) electrons. The summed E-state index contributed by atoms with van der Waals surface area (Å²) in [5, 5.41) is 12.1. The van der Waals surface area contributed by atoms with Gasteiger partial charge in [-0.15, -0.1) is 0 Å². The fraction of sp³-hybridized carbons (Fsp3) is 0.250. The van der Waals surface area contributed by atoms with Gasteiger partial charge in [0.2, 0.25) is 0 Å². The maximum atomic E-state index is 14.4. The van der Waals surface area contributed by atoms with Gasteiger partial charge >= 0.3 is 12.4 Å². The second-order valence-electron chi connectivity index (χ2n) is 7.74. The number of aliphatic hydroxyl groups excluding tert-OH is 1. The van der Waals surface area contributed by atoms with E-state index in [9.17, 15) is 40.2 Å².